The fourth-order valence-corrected chi connectivity index (χ4v) is 2.52. The van der Waals surface area contributed by atoms with E-state index in [1.165, 1.54) is 5.56 Å². The molecular formula is C14H21NO. The van der Waals surface area contributed by atoms with Crippen LogP contribution in [0.15, 0.2) is 30.3 Å². The maximum absolute atomic E-state index is 5.67. The van der Waals surface area contributed by atoms with E-state index in [1.54, 1.807) is 0 Å². The Morgan fingerprint density at radius 2 is 2.12 bits per heavy atom. The van der Waals surface area contributed by atoms with Crippen LogP contribution in [0, 0.1) is 5.92 Å². The summed E-state index contributed by atoms with van der Waals surface area (Å²) < 4.78 is 5.67. The molecule has 1 aliphatic heterocycles. The van der Waals surface area contributed by atoms with E-state index in [0.717, 1.165) is 19.6 Å². The van der Waals surface area contributed by atoms with Gasteiger partial charge in [-0.05, 0) is 25.5 Å². The first-order valence-corrected chi connectivity index (χ1v) is 6.21. The van der Waals surface area contributed by atoms with Gasteiger partial charge in [-0.1, -0.05) is 37.3 Å². The fraction of sp³-hybridized carbons (Fsp3) is 0.571. The quantitative estimate of drug-likeness (QED) is 0.840. The lowest BCUT2D eigenvalue weighted by Gasteiger charge is -2.23. The summed E-state index contributed by atoms with van der Waals surface area (Å²) >= 11 is 0. The molecule has 1 aliphatic rings. The zero-order valence-electron chi connectivity index (χ0n) is 10.1. The van der Waals surface area contributed by atoms with Gasteiger partial charge in [-0.3, -0.25) is 0 Å². The number of hydrogen-bond donors (Lipinski definition) is 1. The maximum atomic E-state index is 5.67. The van der Waals surface area contributed by atoms with E-state index in [2.05, 4.69) is 49.5 Å². The second-order valence-electron chi connectivity index (χ2n) is 4.59. The fourth-order valence-electron chi connectivity index (χ4n) is 2.52. The minimum Gasteiger partial charge on any atom is -0.378 e. The molecule has 3 unspecified atom stereocenters. The molecule has 2 heteroatoms. The molecule has 3 atom stereocenters. The molecule has 88 valence electrons. The van der Waals surface area contributed by atoms with Crippen molar-refractivity contribution in [1.29, 1.82) is 0 Å². The smallest absolute Gasteiger partial charge is 0.0551 e. The lowest BCUT2D eigenvalue weighted by atomic mass is 9.91. The van der Waals surface area contributed by atoms with E-state index in [1.807, 2.05) is 0 Å². The molecule has 16 heavy (non-hydrogen) atoms. The summed E-state index contributed by atoms with van der Waals surface area (Å²) in [4.78, 5) is 0. The molecule has 0 aliphatic carbocycles. The zero-order valence-corrected chi connectivity index (χ0v) is 10.1. The first kappa shape index (κ1) is 11.6. The van der Waals surface area contributed by atoms with Gasteiger partial charge in [0.2, 0.25) is 0 Å². The van der Waals surface area contributed by atoms with Gasteiger partial charge in [0, 0.05) is 12.0 Å². The summed E-state index contributed by atoms with van der Waals surface area (Å²) in [5.41, 5.74) is 1.38. The van der Waals surface area contributed by atoms with Crippen molar-refractivity contribution in [3.05, 3.63) is 35.9 Å². The highest BCUT2D eigenvalue weighted by atomic mass is 16.5. The molecular weight excluding hydrogens is 198 g/mol. The molecule has 2 nitrogen and oxygen atoms in total. The Kier molecular flexibility index (Phi) is 3.97. The van der Waals surface area contributed by atoms with Crippen LogP contribution < -0.4 is 5.32 Å². The minimum atomic E-state index is 0.412. The van der Waals surface area contributed by atoms with Gasteiger partial charge >= 0.3 is 0 Å². The number of nitrogens with one attached hydrogen (secondary N) is 1. The van der Waals surface area contributed by atoms with Crippen LogP contribution in [0.5, 0.6) is 0 Å². The van der Waals surface area contributed by atoms with E-state index in [0.29, 0.717) is 18.1 Å². The minimum absolute atomic E-state index is 0.412. The van der Waals surface area contributed by atoms with E-state index in [-0.39, 0.29) is 0 Å². The highest BCUT2D eigenvalue weighted by Gasteiger charge is 2.29. The maximum Gasteiger partial charge on any atom is 0.0551 e. The van der Waals surface area contributed by atoms with Gasteiger partial charge < -0.3 is 10.1 Å². The first-order valence-electron chi connectivity index (χ1n) is 6.21. The summed E-state index contributed by atoms with van der Waals surface area (Å²) in [6, 6.07) is 11.1. The summed E-state index contributed by atoms with van der Waals surface area (Å²) in [5.74, 6) is 0.609. The summed E-state index contributed by atoms with van der Waals surface area (Å²) in [6.45, 7) is 6.21. The van der Waals surface area contributed by atoms with E-state index in [9.17, 15) is 0 Å². The van der Waals surface area contributed by atoms with Crippen molar-refractivity contribution < 1.29 is 4.74 Å². The Morgan fingerprint density at radius 3 is 2.69 bits per heavy atom. The number of benzene rings is 1. The molecule has 0 radical (unpaired) electrons. The molecule has 0 amide bonds. The lowest BCUT2D eigenvalue weighted by molar-refractivity contribution is 0.117. The van der Waals surface area contributed by atoms with Gasteiger partial charge in [0.05, 0.1) is 12.7 Å². The van der Waals surface area contributed by atoms with Crippen molar-refractivity contribution in [2.45, 2.75) is 32.4 Å². The highest BCUT2D eigenvalue weighted by Crippen LogP contribution is 2.31. The third kappa shape index (κ3) is 2.63. The Labute approximate surface area is 98.0 Å². The van der Waals surface area contributed by atoms with Gasteiger partial charge in [0.15, 0.2) is 0 Å². The Morgan fingerprint density at radius 1 is 1.38 bits per heavy atom. The monoisotopic (exact) mass is 219 g/mol. The van der Waals surface area contributed by atoms with Crippen LogP contribution in [0.3, 0.4) is 0 Å². The molecule has 2 rings (SSSR count). The van der Waals surface area contributed by atoms with Crippen LogP contribution in [0.4, 0.5) is 0 Å². The highest BCUT2D eigenvalue weighted by molar-refractivity contribution is 5.20. The van der Waals surface area contributed by atoms with Crippen LogP contribution in [-0.2, 0) is 4.74 Å². The predicted molar refractivity (Wildman–Crippen MR) is 66.4 cm³/mol. The second kappa shape index (κ2) is 5.46. The van der Waals surface area contributed by atoms with Gasteiger partial charge in [-0.25, -0.2) is 0 Å². The summed E-state index contributed by atoms with van der Waals surface area (Å²) in [7, 11) is 0. The molecule has 1 N–H and O–H groups in total. The Bertz CT molecular complexity index is 312. The van der Waals surface area contributed by atoms with E-state index >= 15 is 0 Å². The molecule has 1 aromatic carbocycles. The predicted octanol–water partition coefficient (Wildman–Crippen LogP) is 2.76. The molecule has 1 aromatic rings. The van der Waals surface area contributed by atoms with Gasteiger partial charge in [-0.15, -0.1) is 0 Å². The Hall–Kier alpha value is -0.860. The summed E-state index contributed by atoms with van der Waals surface area (Å²) in [6.07, 6.45) is 1.57. The van der Waals surface area contributed by atoms with Crippen molar-refractivity contribution in [1.82, 2.24) is 5.32 Å². The van der Waals surface area contributed by atoms with Crippen LogP contribution in [0.1, 0.15) is 31.9 Å². The van der Waals surface area contributed by atoms with E-state index in [4.69, 9.17) is 4.74 Å². The first-order chi connectivity index (χ1) is 7.81. The SMILES string of the molecule is CCNC(c1ccccc1)C1COC(C)C1. The van der Waals surface area contributed by atoms with Crippen LogP contribution in [0.2, 0.25) is 0 Å². The summed E-state index contributed by atoms with van der Waals surface area (Å²) in [5, 5.41) is 3.58. The largest absolute Gasteiger partial charge is 0.378 e. The van der Waals surface area contributed by atoms with Crippen LogP contribution >= 0.6 is 0 Å². The topological polar surface area (TPSA) is 21.3 Å². The average molecular weight is 219 g/mol. The van der Waals surface area contributed by atoms with Crippen LogP contribution in [0.25, 0.3) is 0 Å². The second-order valence-corrected chi connectivity index (χ2v) is 4.59. The molecule has 1 fully saturated rings. The molecule has 0 bridgehead atoms. The Balaban J connectivity index is 2.11. The average Bonchev–Trinajstić information content (AvgIpc) is 2.74. The lowest BCUT2D eigenvalue weighted by Crippen LogP contribution is -2.28. The molecule has 0 spiro atoms. The third-order valence-electron chi connectivity index (χ3n) is 3.28. The van der Waals surface area contributed by atoms with Gasteiger partial charge in [-0.2, -0.15) is 0 Å². The number of ether oxygens (including phenoxy) is 1. The van der Waals surface area contributed by atoms with Crippen molar-refractivity contribution in [2.24, 2.45) is 5.92 Å². The normalized spacial score (nSPS) is 26.9. The van der Waals surface area contributed by atoms with Gasteiger partial charge in [0.1, 0.15) is 0 Å². The zero-order chi connectivity index (χ0) is 11.4. The van der Waals surface area contributed by atoms with E-state index < -0.39 is 0 Å². The van der Waals surface area contributed by atoms with Gasteiger partial charge in [0.25, 0.3) is 0 Å². The van der Waals surface area contributed by atoms with Crippen molar-refractivity contribution >= 4 is 0 Å². The molecule has 1 heterocycles. The van der Waals surface area contributed by atoms with Crippen molar-refractivity contribution in [3.63, 3.8) is 0 Å². The molecule has 1 saturated heterocycles. The van der Waals surface area contributed by atoms with Crippen LogP contribution in [-0.4, -0.2) is 19.3 Å². The van der Waals surface area contributed by atoms with Crippen molar-refractivity contribution in [3.8, 4) is 0 Å². The number of rotatable bonds is 4. The standard InChI is InChI=1S/C14H21NO/c1-3-15-14(12-7-5-4-6-8-12)13-9-11(2)16-10-13/h4-8,11,13-15H,3,9-10H2,1-2H3. The molecule has 0 aromatic heterocycles. The number of hydrogen-bond acceptors (Lipinski definition) is 2. The third-order valence-corrected chi connectivity index (χ3v) is 3.28. The molecule has 0 saturated carbocycles. The van der Waals surface area contributed by atoms with Crippen molar-refractivity contribution in [2.75, 3.05) is 13.2 Å².